The van der Waals surface area contributed by atoms with Gasteiger partial charge < -0.3 is 4.74 Å². The first-order valence-electron chi connectivity index (χ1n) is 7.96. The number of nitrogens with zero attached hydrogens (tertiary/aromatic N) is 2. The molecule has 0 saturated heterocycles. The average molecular weight is 324 g/mol. The number of ether oxygens (including phenoxy) is 1. The summed E-state index contributed by atoms with van der Waals surface area (Å²) in [6, 6.07) is 23.6. The maximum atomic E-state index is 9.33. The number of nitriles is 2. The van der Waals surface area contributed by atoms with E-state index in [1.807, 2.05) is 60.7 Å². The van der Waals surface area contributed by atoms with Crippen molar-refractivity contribution in [3.05, 3.63) is 89.0 Å². The number of rotatable bonds is 5. The van der Waals surface area contributed by atoms with Gasteiger partial charge in [0.2, 0.25) is 0 Å². The Hall–Kier alpha value is -3.40. The van der Waals surface area contributed by atoms with Gasteiger partial charge in [-0.2, -0.15) is 10.5 Å². The lowest BCUT2D eigenvalue weighted by Crippen LogP contribution is -1.96. The third kappa shape index (κ3) is 4.12. The molecule has 3 rings (SSSR count). The van der Waals surface area contributed by atoms with Crippen LogP contribution < -0.4 is 0 Å². The maximum Gasteiger partial charge on any atom is 0.0995 e. The van der Waals surface area contributed by atoms with Crippen LogP contribution in [0.5, 0.6) is 0 Å². The first kappa shape index (κ1) is 16.5. The van der Waals surface area contributed by atoms with Crippen molar-refractivity contribution < 1.29 is 4.74 Å². The fraction of sp³-hybridized carbons (Fsp3) is 0.0909. The lowest BCUT2D eigenvalue weighted by molar-refractivity contribution is 0.149. The quantitative estimate of drug-likeness (QED) is 0.633. The maximum absolute atomic E-state index is 9.33. The number of hydrogen-bond donors (Lipinski definition) is 0. The second-order valence-electron chi connectivity index (χ2n) is 5.62. The fourth-order valence-corrected chi connectivity index (χ4v) is 2.60. The highest BCUT2D eigenvalue weighted by Crippen LogP contribution is 2.20. The SMILES string of the molecule is N#Cc1ccc(/C=C/COCc2cc3ccccc3cc2C#N)cc1. The Morgan fingerprint density at radius 3 is 2.28 bits per heavy atom. The number of benzene rings is 3. The van der Waals surface area contributed by atoms with Crippen LogP contribution in [0.2, 0.25) is 0 Å². The largest absolute Gasteiger partial charge is 0.373 e. The Morgan fingerprint density at radius 2 is 1.60 bits per heavy atom. The van der Waals surface area contributed by atoms with Crippen molar-refractivity contribution in [2.75, 3.05) is 6.61 Å². The molecule has 0 saturated carbocycles. The summed E-state index contributed by atoms with van der Waals surface area (Å²) < 4.78 is 5.69. The van der Waals surface area contributed by atoms with Gasteiger partial charge in [-0.25, -0.2) is 0 Å². The van der Waals surface area contributed by atoms with Gasteiger partial charge in [0.25, 0.3) is 0 Å². The van der Waals surface area contributed by atoms with E-state index in [0.717, 1.165) is 21.9 Å². The smallest absolute Gasteiger partial charge is 0.0995 e. The standard InChI is InChI=1S/C22H16N2O/c23-14-18-9-7-17(8-10-18)4-3-11-25-16-22-13-20-6-2-1-5-19(20)12-21(22)15-24/h1-10,12-13H,11,16H2/b4-3+. The second-order valence-corrected chi connectivity index (χ2v) is 5.62. The summed E-state index contributed by atoms with van der Waals surface area (Å²) >= 11 is 0. The average Bonchev–Trinajstić information content (AvgIpc) is 2.67. The van der Waals surface area contributed by atoms with E-state index in [9.17, 15) is 5.26 Å². The van der Waals surface area contributed by atoms with Gasteiger partial charge in [0.1, 0.15) is 0 Å². The van der Waals surface area contributed by atoms with Gasteiger partial charge in [-0.05, 0) is 46.2 Å². The minimum absolute atomic E-state index is 0.394. The number of hydrogen-bond acceptors (Lipinski definition) is 3. The van der Waals surface area contributed by atoms with Crippen LogP contribution in [0.15, 0.2) is 66.7 Å². The van der Waals surface area contributed by atoms with Crippen molar-refractivity contribution >= 4 is 16.8 Å². The first-order chi connectivity index (χ1) is 12.3. The Bertz CT molecular complexity index is 989. The van der Waals surface area contributed by atoms with E-state index in [1.54, 1.807) is 12.1 Å². The van der Waals surface area contributed by atoms with Crippen molar-refractivity contribution in [1.29, 1.82) is 10.5 Å². The van der Waals surface area contributed by atoms with E-state index in [-0.39, 0.29) is 0 Å². The van der Waals surface area contributed by atoms with Gasteiger partial charge in [0.15, 0.2) is 0 Å². The molecule has 120 valence electrons. The molecule has 3 aromatic carbocycles. The summed E-state index contributed by atoms with van der Waals surface area (Å²) in [4.78, 5) is 0. The molecule has 3 heteroatoms. The normalized spacial score (nSPS) is 10.6. The molecule has 0 aromatic heterocycles. The van der Waals surface area contributed by atoms with E-state index in [0.29, 0.717) is 24.3 Å². The monoisotopic (exact) mass is 324 g/mol. The van der Waals surface area contributed by atoms with Crippen LogP contribution in [0.25, 0.3) is 16.8 Å². The predicted molar refractivity (Wildman–Crippen MR) is 98.5 cm³/mol. The van der Waals surface area contributed by atoms with Crippen LogP contribution in [0.4, 0.5) is 0 Å². The van der Waals surface area contributed by atoms with Crippen LogP contribution in [0, 0.1) is 22.7 Å². The van der Waals surface area contributed by atoms with Crippen LogP contribution in [0.3, 0.4) is 0 Å². The van der Waals surface area contributed by atoms with Gasteiger partial charge in [-0.3, -0.25) is 0 Å². The number of fused-ring (bicyclic) bond motifs is 1. The van der Waals surface area contributed by atoms with Crippen LogP contribution in [0.1, 0.15) is 22.3 Å². The summed E-state index contributed by atoms with van der Waals surface area (Å²) in [5.41, 5.74) is 3.21. The summed E-state index contributed by atoms with van der Waals surface area (Å²) in [5.74, 6) is 0. The summed E-state index contributed by atoms with van der Waals surface area (Å²) in [7, 11) is 0. The minimum atomic E-state index is 0.394. The molecule has 0 fully saturated rings. The molecule has 0 aliphatic heterocycles. The Labute approximate surface area is 147 Å². The Kier molecular flexibility index (Phi) is 5.22. The van der Waals surface area contributed by atoms with Crippen molar-refractivity contribution in [2.45, 2.75) is 6.61 Å². The molecule has 25 heavy (non-hydrogen) atoms. The Balaban J connectivity index is 1.62. The fourth-order valence-electron chi connectivity index (χ4n) is 2.60. The highest BCUT2D eigenvalue weighted by atomic mass is 16.5. The molecular weight excluding hydrogens is 308 g/mol. The zero-order chi connectivity index (χ0) is 17.5. The van der Waals surface area contributed by atoms with Crippen LogP contribution in [-0.4, -0.2) is 6.61 Å². The molecule has 3 aromatic rings. The Morgan fingerprint density at radius 1 is 0.880 bits per heavy atom. The van der Waals surface area contributed by atoms with Gasteiger partial charge >= 0.3 is 0 Å². The van der Waals surface area contributed by atoms with Crippen LogP contribution >= 0.6 is 0 Å². The lowest BCUT2D eigenvalue weighted by Gasteiger charge is -2.07. The van der Waals surface area contributed by atoms with Gasteiger partial charge in [0.05, 0.1) is 36.5 Å². The third-order valence-electron chi connectivity index (χ3n) is 3.91. The highest BCUT2D eigenvalue weighted by Gasteiger charge is 2.04. The highest BCUT2D eigenvalue weighted by molar-refractivity contribution is 5.84. The molecule has 0 aliphatic carbocycles. The van der Waals surface area contributed by atoms with E-state index >= 15 is 0 Å². The van der Waals surface area contributed by atoms with Gasteiger partial charge in [-0.1, -0.05) is 48.6 Å². The molecular formula is C22H16N2O. The molecule has 0 unspecified atom stereocenters. The van der Waals surface area contributed by atoms with Crippen LogP contribution in [-0.2, 0) is 11.3 Å². The van der Waals surface area contributed by atoms with Crippen molar-refractivity contribution in [3.63, 3.8) is 0 Å². The predicted octanol–water partition coefficient (Wildman–Crippen LogP) is 4.81. The summed E-state index contributed by atoms with van der Waals surface area (Å²) in [6.07, 6.45) is 3.88. The molecule has 0 radical (unpaired) electrons. The lowest BCUT2D eigenvalue weighted by atomic mass is 10.0. The van der Waals surface area contributed by atoms with E-state index < -0.39 is 0 Å². The second kappa shape index (κ2) is 7.93. The van der Waals surface area contributed by atoms with E-state index in [2.05, 4.69) is 12.1 Å². The van der Waals surface area contributed by atoms with Crippen molar-refractivity contribution in [1.82, 2.24) is 0 Å². The molecule has 3 nitrogen and oxygen atoms in total. The third-order valence-corrected chi connectivity index (χ3v) is 3.91. The molecule has 0 aliphatic rings. The minimum Gasteiger partial charge on any atom is -0.373 e. The van der Waals surface area contributed by atoms with Gasteiger partial charge in [-0.15, -0.1) is 0 Å². The summed E-state index contributed by atoms with van der Waals surface area (Å²) in [6.45, 7) is 0.850. The van der Waals surface area contributed by atoms with E-state index in [4.69, 9.17) is 10.00 Å². The topological polar surface area (TPSA) is 56.8 Å². The molecule has 0 N–H and O–H groups in total. The van der Waals surface area contributed by atoms with Crippen molar-refractivity contribution in [3.8, 4) is 12.1 Å². The molecule has 0 amide bonds. The molecule has 0 atom stereocenters. The molecule has 0 heterocycles. The first-order valence-corrected chi connectivity index (χ1v) is 7.96. The molecule has 0 spiro atoms. The van der Waals surface area contributed by atoms with Gasteiger partial charge in [0, 0.05) is 0 Å². The zero-order valence-corrected chi connectivity index (χ0v) is 13.6. The molecule has 0 bridgehead atoms. The summed E-state index contributed by atoms with van der Waals surface area (Å²) in [5, 5.41) is 20.3. The van der Waals surface area contributed by atoms with Crippen molar-refractivity contribution in [2.24, 2.45) is 0 Å². The van der Waals surface area contributed by atoms with E-state index in [1.165, 1.54) is 0 Å². The zero-order valence-electron chi connectivity index (χ0n) is 13.6.